The Morgan fingerprint density at radius 2 is 1.83 bits per heavy atom. The van der Waals surface area contributed by atoms with Gasteiger partial charge in [0.25, 0.3) is 0 Å². The van der Waals surface area contributed by atoms with Gasteiger partial charge < -0.3 is 10.0 Å². The highest BCUT2D eigenvalue weighted by Crippen LogP contribution is 2.26. The number of nitrogens with zero attached hydrogens (tertiary/aromatic N) is 1. The molecule has 0 aliphatic heterocycles. The summed E-state index contributed by atoms with van der Waals surface area (Å²) in [5.41, 5.74) is 0. The van der Waals surface area contributed by atoms with Crippen LogP contribution in [0.2, 0.25) is 0 Å². The van der Waals surface area contributed by atoms with Crippen molar-refractivity contribution in [2.75, 3.05) is 20.6 Å². The number of hydrogen-bond acceptors (Lipinski definition) is 2. The van der Waals surface area contributed by atoms with Crippen LogP contribution in [0.15, 0.2) is 0 Å². The molecule has 72 valence electrons. The maximum absolute atomic E-state index is 9.80. The van der Waals surface area contributed by atoms with E-state index in [1.165, 1.54) is 32.1 Å². The molecule has 0 aromatic heterocycles. The molecule has 0 spiro atoms. The largest absolute Gasteiger partial charge is 0.392 e. The van der Waals surface area contributed by atoms with Crippen molar-refractivity contribution >= 4 is 0 Å². The first-order valence-corrected chi connectivity index (χ1v) is 5.03. The molecule has 1 rings (SSSR count). The Bertz CT molecular complexity index is 119. The lowest BCUT2D eigenvalue weighted by molar-refractivity contribution is 0.0612. The molecule has 0 unspecified atom stereocenters. The summed E-state index contributed by atoms with van der Waals surface area (Å²) in [7, 11) is 4.04. The summed E-state index contributed by atoms with van der Waals surface area (Å²) < 4.78 is 0. The Hall–Kier alpha value is -0.0800. The van der Waals surface area contributed by atoms with Crippen molar-refractivity contribution in [3.63, 3.8) is 0 Å². The van der Waals surface area contributed by atoms with Crippen LogP contribution < -0.4 is 0 Å². The van der Waals surface area contributed by atoms with Gasteiger partial charge in [0, 0.05) is 6.54 Å². The van der Waals surface area contributed by atoms with Crippen LogP contribution in [0.4, 0.5) is 0 Å². The molecule has 0 aromatic carbocycles. The normalized spacial score (nSPS) is 23.0. The molecule has 12 heavy (non-hydrogen) atoms. The lowest BCUT2D eigenvalue weighted by Crippen LogP contribution is -2.33. The molecule has 1 aliphatic carbocycles. The lowest BCUT2D eigenvalue weighted by atomic mass is 9.85. The van der Waals surface area contributed by atoms with Crippen LogP contribution in [-0.4, -0.2) is 36.8 Å². The summed E-state index contributed by atoms with van der Waals surface area (Å²) >= 11 is 0. The van der Waals surface area contributed by atoms with Crippen LogP contribution in [0.25, 0.3) is 0 Å². The van der Waals surface area contributed by atoms with Crippen LogP contribution in [0.5, 0.6) is 0 Å². The first kappa shape index (κ1) is 10.0. The monoisotopic (exact) mass is 171 g/mol. The van der Waals surface area contributed by atoms with Crippen molar-refractivity contribution in [2.24, 2.45) is 5.92 Å². The van der Waals surface area contributed by atoms with Gasteiger partial charge in [-0.25, -0.2) is 0 Å². The van der Waals surface area contributed by atoms with Gasteiger partial charge in [-0.1, -0.05) is 19.3 Å². The minimum absolute atomic E-state index is 0.0969. The molecule has 2 heteroatoms. The van der Waals surface area contributed by atoms with Crippen molar-refractivity contribution in [3.05, 3.63) is 0 Å². The second kappa shape index (κ2) is 4.83. The van der Waals surface area contributed by atoms with Gasteiger partial charge in [-0.2, -0.15) is 0 Å². The fourth-order valence-corrected chi connectivity index (χ4v) is 2.04. The Morgan fingerprint density at radius 1 is 1.25 bits per heavy atom. The molecule has 1 N–H and O–H groups in total. The Balaban J connectivity index is 2.24. The molecule has 0 bridgehead atoms. The van der Waals surface area contributed by atoms with E-state index in [0.29, 0.717) is 5.92 Å². The zero-order valence-corrected chi connectivity index (χ0v) is 8.29. The Labute approximate surface area is 75.6 Å². The standard InChI is InChI=1S/C10H21NO/c1-11(2)8-10(12)9-6-4-3-5-7-9/h9-10,12H,3-8H2,1-2H3/t10-/m1/s1. The number of likely N-dealkylation sites (N-methyl/N-ethyl adjacent to an activating group) is 1. The lowest BCUT2D eigenvalue weighted by Gasteiger charge is -2.28. The summed E-state index contributed by atoms with van der Waals surface area (Å²) in [5.74, 6) is 0.571. The van der Waals surface area contributed by atoms with Gasteiger partial charge in [0.15, 0.2) is 0 Å². The third kappa shape index (κ3) is 3.11. The summed E-state index contributed by atoms with van der Waals surface area (Å²) in [4.78, 5) is 2.07. The number of rotatable bonds is 3. The summed E-state index contributed by atoms with van der Waals surface area (Å²) in [5, 5.41) is 9.80. The van der Waals surface area contributed by atoms with Gasteiger partial charge in [0.05, 0.1) is 6.10 Å². The van der Waals surface area contributed by atoms with Gasteiger partial charge in [0.1, 0.15) is 0 Å². The fraction of sp³-hybridized carbons (Fsp3) is 1.00. The minimum Gasteiger partial charge on any atom is -0.392 e. The molecule has 1 atom stereocenters. The number of aliphatic hydroxyl groups is 1. The minimum atomic E-state index is -0.0969. The van der Waals surface area contributed by atoms with Crippen LogP contribution in [-0.2, 0) is 0 Å². The molecule has 0 aromatic rings. The number of hydrogen-bond donors (Lipinski definition) is 1. The van der Waals surface area contributed by atoms with E-state index in [1.54, 1.807) is 0 Å². The van der Waals surface area contributed by atoms with E-state index in [-0.39, 0.29) is 6.10 Å². The zero-order chi connectivity index (χ0) is 8.97. The maximum Gasteiger partial charge on any atom is 0.0694 e. The maximum atomic E-state index is 9.80. The summed E-state index contributed by atoms with van der Waals surface area (Å²) in [6.45, 7) is 0.824. The quantitative estimate of drug-likeness (QED) is 0.695. The molecule has 0 saturated heterocycles. The van der Waals surface area contributed by atoms with Gasteiger partial charge >= 0.3 is 0 Å². The van der Waals surface area contributed by atoms with E-state index < -0.39 is 0 Å². The van der Waals surface area contributed by atoms with Crippen molar-refractivity contribution in [3.8, 4) is 0 Å². The van der Waals surface area contributed by atoms with Crippen LogP contribution in [0.1, 0.15) is 32.1 Å². The van der Waals surface area contributed by atoms with Crippen molar-refractivity contribution in [2.45, 2.75) is 38.2 Å². The van der Waals surface area contributed by atoms with Crippen molar-refractivity contribution < 1.29 is 5.11 Å². The van der Waals surface area contributed by atoms with Crippen LogP contribution in [0.3, 0.4) is 0 Å². The smallest absolute Gasteiger partial charge is 0.0694 e. The van der Waals surface area contributed by atoms with Gasteiger partial charge in [0.2, 0.25) is 0 Å². The van der Waals surface area contributed by atoms with E-state index in [2.05, 4.69) is 4.90 Å². The second-order valence-electron chi connectivity index (χ2n) is 4.23. The van der Waals surface area contributed by atoms with Gasteiger partial charge in [-0.15, -0.1) is 0 Å². The molecule has 1 aliphatic rings. The molecule has 0 heterocycles. The topological polar surface area (TPSA) is 23.5 Å². The van der Waals surface area contributed by atoms with Crippen molar-refractivity contribution in [1.82, 2.24) is 4.90 Å². The third-order valence-electron chi connectivity index (χ3n) is 2.75. The summed E-state index contributed by atoms with van der Waals surface area (Å²) in [6, 6.07) is 0. The SMILES string of the molecule is CN(C)C[C@@H](O)C1CCCCC1. The molecular weight excluding hydrogens is 150 g/mol. The van der Waals surface area contributed by atoms with Gasteiger partial charge in [-0.05, 0) is 32.9 Å². The van der Waals surface area contributed by atoms with Crippen LogP contribution in [0, 0.1) is 5.92 Å². The molecule has 1 fully saturated rings. The Morgan fingerprint density at radius 3 is 2.33 bits per heavy atom. The average Bonchev–Trinajstić information content (AvgIpc) is 2.05. The van der Waals surface area contributed by atoms with E-state index >= 15 is 0 Å². The molecule has 2 nitrogen and oxygen atoms in total. The predicted molar refractivity (Wildman–Crippen MR) is 51.1 cm³/mol. The number of aliphatic hydroxyl groups excluding tert-OH is 1. The summed E-state index contributed by atoms with van der Waals surface area (Å²) in [6.07, 6.45) is 6.36. The average molecular weight is 171 g/mol. The predicted octanol–water partition coefficient (Wildman–Crippen LogP) is 1.49. The molecular formula is C10H21NO. The van der Waals surface area contributed by atoms with Crippen LogP contribution >= 0.6 is 0 Å². The van der Waals surface area contributed by atoms with Gasteiger partial charge in [-0.3, -0.25) is 0 Å². The third-order valence-corrected chi connectivity index (χ3v) is 2.75. The molecule has 0 amide bonds. The van der Waals surface area contributed by atoms with E-state index in [0.717, 1.165) is 6.54 Å². The van der Waals surface area contributed by atoms with E-state index in [4.69, 9.17) is 0 Å². The van der Waals surface area contributed by atoms with E-state index in [9.17, 15) is 5.11 Å². The fourth-order valence-electron chi connectivity index (χ4n) is 2.04. The van der Waals surface area contributed by atoms with E-state index in [1.807, 2.05) is 14.1 Å². The zero-order valence-electron chi connectivity index (χ0n) is 8.29. The second-order valence-corrected chi connectivity index (χ2v) is 4.23. The molecule has 1 saturated carbocycles. The first-order chi connectivity index (χ1) is 5.70. The first-order valence-electron chi connectivity index (χ1n) is 5.03. The highest BCUT2D eigenvalue weighted by atomic mass is 16.3. The highest BCUT2D eigenvalue weighted by molar-refractivity contribution is 4.74. The molecule has 0 radical (unpaired) electrons. The Kier molecular flexibility index (Phi) is 4.02. The van der Waals surface area contributed by atoms with Crippen molar-refractivity contribution in [1.29, 1.82) is 0 Å². The highest BCUT2D eigenvalue weighted by Gasteiger charge is 2.21.